The number of rotatable bonds is 6. The minimum atomic E-state index is 0.613. The second kappa shape index (κ2) is 12.1. The van der Waals surface area contributed by atoms with Crippen LogP contribution in [0.5, 0.6) is 0 Å². The van der Waals surface area contributed by atoms with Crippen molar-refractivity contribution in [2.45, 2.75) is 13.8 Å². The smallest absolute Gasteiger partial charge is 0.138 e. The molecule has 0 aliphatic carbocycles. The molecule has 8 rings (SSSR count). The van der Waals surface area contributed by atoms with Crippen LogP contribution in [0.4, 0.5) is 34.1 Å². The van der Waals surface area contributed by atoms with Crippen LogP contribution in [0.2, 0.25) is 0 Å². The first kappa shape index (κ1) is 29.6. The molecule has 232 valence electrons. The summed E-state index contributed by atoms with van der Waals surface area (Å²) in [6.07, 6.45) is 0. The van der Waals surface area contributed by atoms with Crippen molar-refractivity contribution in [2.24, 2.45) is 0 Å². The highest BCUT2D eigenvalue weighted by molar-refractivity contribution is 6.22. The number of furan rings is 1. The van der Waals surface area contributed by atoms with Gasteiger partial charge >= 0.3 is 0 Å². The van der Waals surface area contributed by atoms with Crippen LogP contribution >= 0.6 is 0 Å². The van der Waals surface area contributed by atoms with Crippen molar-refractivity contribution in [3.8, 4) is 12.1 Å². The molecule has 0 fully saturated rings. The van der Waals surface area contributed by atoms with Gasteiger partial charge in [0.2, 0.25) is 0 Å². The van der Waals surface area contributed by atoms with Crippen LogP contribution in [0.1, 0.15) is 22.3 Å². The third-order valence-electron chi connectivity index (χ3n) is 9.03. The Balaban J connectivity index is 1.34. The SMILES string of the molecule is Cc1ccc(N(c2ccc(C#N)cc2)c2ccc3c(c2)oc2cc(N(c4ccc(C)cc4)c4ccc(C#N)cc4)c4ccccc4c23)cc1. The monoisotopic (exact) mass is 630 g/mol. The Morgan fingerprint density at radius 2 is 0.918 bits per heavy atom. The molecular formula is C44H30N4O. The first-order valence-corrected chi connectivity index (χ1v) is 16.1. The van der Waals surface area contributed by atoms with Gasteiger partial charge in [0, 0.05) is 56.7 Å². The molecular weight excluding hydrogens is 601 g/mol. The van der Waals surface area contributed by atoms with Crippen LogP contribution in [0.25, 0.3) is 32.7 Å². The Labute approximate surface area is 284 Å². The van der Waals surface area contributed by atoms with E-state index in [0.29, 0.717) is 11.1 Å². The highest BCUT2D eigenvalue weighted by atomic mass is 16.3. The van der Waals surface area contributed by atoms with Gasteiger partial charge in [0.15, 0.2) is 0 Å². The first-order chi connectivity index (χ1) is 24.0. The number of nitriles is 2. The van der Waals surface area contributed by atoms with E-state index in [0.717, 1.165) is 66.8 Å². The normalized spacial score (nSPS) is 11.0. The molecule has 5 nitrogen and oxygen atoms in total. The van der Waals surface area contributed by atoms with E-state index in [9.17, 15) is 10.5 Å². The molecule has 8 aromatic rings. The maximum absolute atomic E-state index is 9.49. The van der Waals surface area contributed by atoms with E-state index in [-0.39, 0.29) is 0 Å². The molecule has 1 aromatic heterocycles. The maximum atomic E-state index is 9.49. The van der Waals surface area contributed by atoms with Gasteiger partial charge in [-0.1, -0.05) is 59.7 Å². The Morgan fingerprint density at radius 1 is 0.449 bits per heavy atom. The molecule has 5 heteroatoms. The van der Waals surface area contributed by atoms with Crippen LogP contribution in [0.15, 0.2) is 150 Å². The third-order valence-corrected chi connectivity index (χ3v) is 9.03. The Kier molecular flexibility index (Phi) is 7.29. The summed E-state index contributed by atoms with van der Waals surface area (Å²) >= 11 is 0. The van der Waals surface area contributed by atoms with Gasteiger partial charge in [0.25, 0.3) is 0 Å². The molecule has 0 saturated heterocycles. The third kappa shape index (κ3) is 5.30. The van der Waals surface area contributed by atoms with Gasteiger partial charge in [-0.15, -0.1) is 0 Å². The summed E-state index contributed by atoms with van der Waals surface area (Å²) in [5, 5.41) is 23.2. The second-order valence-corrected chi connectivity index (χ2v) is 12.3. The van der Waals surface area contributed by atoms with E-state index in [1.54, 1.807) is 0 Å². The van der Waals surface area contributed by atoms with E-state index in [2.05, 4.69) is 133 Å². The standard InChI is InChI=1S/C44H30N4O/c1-29-7-15-33(16-8-29)47(34-19-11-31(27-45)12-20-34)37-23-24-40-42(25-37)49-43-26-41(38-5-3-4-6-39(38)44(40)43)48(35-17-9-30(2)10-18-35)36-21-13-32(28-46)14-22-36/h3-26H,1-2H3. The quantitative estimate of drug-likeness (QED) is 0.183. The molecule has 0 aliphatic heterocycles. The van der Waals surface area contributed by atoms with E-state index in [4.69, 9.17) is 4.42 Å². The van der Waals surface area contributed by atoms with Crippen molar-refractivity contribution >= 4 is 66.8 Å². The van der Waals surface area contributed by atoms with Gasteiger partial charge in [-0.25, -0.2) is 0 Å². The predicted octanol–water partition coefficient (Wildman–Crippen LogP) is 12.0. The summed E-state index contributed by atoms with van der Waals surface area (Å²) in [4.78, 5) is 4.41. The highest BCUT2D eigenvalue weighted by Crippen LogP contribution is 2.46. The van der Waals surface area contributed by atoms with E-state index in [1.807, 2.05) is 48.5 Å². The zero-order valence-corrected chi connectivity index (χ0v) is 27.1. The fourth-order valence-corrected chi connectivity index (χ4v) is 6.57. The van der Waals surface area contributed by atoms with Crippen molar-refractivity contribution in [1.82, 2.24) is 0 Å². The van der Waals surface area contributed by atoms with Crippen LogP contribution in [0, 0.1) is 36.5 Å². The van der Waals surface area contributed by atoms with Gasteiger partial charge in [0.05, 0.1) is 29.0 Å². The zero-order valence-electron chi connectivity index (χ0n) is 27.1. The highest BCUT2D eigenvalue weighted by Gasteiger charge is 2.21. The van der Waals surface area contributed by atoms with Crippen molar-refractivity contribution in [3.05, 3.63) is 168 Å². The minimum absolute atomic E-state index is 0.613. The fourth-order valence-electron chi connectivity index (χ4n) is 6.57. The number of aryl methyl sites for hydroxylation is 2. The zero-order chi connectivity index (χ0) is 33.5. The molecule has 0 spiro atoms. The molecule has 0 saturated carbocycles. The van der Waals surface area contributed by atoms with E-state index >= 15 is 0 Å². The van der Waals surface area contributed by atoms with Gasteiger partial charge in [-0.2, -0.15) is 10.5 Å². The summed E-state index contributed by atoms with van der Waals surface area (Å²) in [6.45, 7) is 4.16. The Hall–Kier alpha value is -6.82. The number of nitrogens with zero attached hydrogens (tertiary/aromatic N) is 4. The molecule has 1 heterocycles. The summed E-state index contributed by atoms with van der Waals surface area (Å²) in [6, 6.07) is 53.7. The molecule has 0 radical (unpaired) electrons. The summed E-state index contributed by atoms with van der Waals surface area (Å²) in [5.74, 6) is 0. The number of benzene rings is 7. The molecule has 7 aromatic carbocycles. The number of hydrogen-bond acceptors (Lipinski definition) is 5. The van der Waals surface area contributed by atoms with Gasteiger partial charge in [-0.05, 0) is 104 Å². The van der Waals surface area contributed by atoms with Gasteiger partial charge in [-0.3, -0.25) is 0 Å². The van der Waals surface area contributed by atoms with Crippen LogP contribution < -0.4 is 9.80 Å². The lowest BCUT2D eigenvalue weighted by Gasteiger charge is -2.27. The second-order valence-electron chi connectivity index (χ2n) is 12.3. The molecule has 0 N–H and O–H groups in total. The number of hydrogen-bond donors (Lipinski definition) is 0. The lowest BCUT2D eigenvalue weighted by molar-refractivity contribution is 0.669. The largest absolute Gasteiger partial charge is 0.456 e. The first-order valence-electron chi connectivity index (χ1n) is 16.1. The number of anilines is 6. The lowest BCUT2D eigenvalue weighted by Crippen LogP contribution is -2.10. The van der Waals surface area contributed by atoms with Crippen LogP contribution in [-0.2, 0) is 0 Å². The fraction of sp³-hybridized carbons (Fsp3) is 0.0455. The van der Waals surface area contributed by atoms with Gasteiger partial charge < -0.3 is 14.2 Å². The molecule has 0 bridgehead atoms. The predicted molar refractivity (Wildman–Crippen MR) is 199 cm³/mol. The van der Waals surface area contributed by atoms with Gasteiger partial charge in [0.1, 0.15) is 11.2 Å². The van der Waals surface area contributed by atoms with Crippen molar-refractivity contribution in [1.29, 1.82) is 10.5 Å². The average Bonchev–Trinajstić information content (AvgIpc) is 3.52. The molecule has 0 unspecified atom stereocenters. The Bertz CT molecular complexity index is 2570. The minimum Gasteiger partial charge on any atom is -0.456 e. The maximum Gasteiger partial charge on any atom is 0.138 e. The van der Waals surface area contributed by atoms with Crippen molar-refractivity contribution in [2.75, 3.05) is 9.80 Å². The molecule has 0 aliphatic rings. The van der Waals surface area contributed by atoms with E-state index < -0.39 is 0 Å². The number of fused-ring (bicyclic) bond motifs is 5. The Morgan fingerprint density at radius 3 is 1.45 bits per heavy atom. The van der Waals surface area contributed by atoms with Crippen LogP contribution in [-0.4, -0.2) is 0 Å². The topological polar surface area (TPSA) is 67.2 Å². The van der Waals surface area contributed by atoms with Crippen molar-refractivity contribution in [3.63, 3.8) is 0 Å². The summed E-state index contributed by atoms with van der Waals surface area (Å²) < 4.78 is 6.76. The summed E-state index contributed by atoms with van der Waals surface area (Å²) in [5.41, 5.74) is 11.0. The average molecular weight is 631 g/mol. The molecule has 49 heavy (non-hydrogen) atoms. The lowest BCUT2D eigenvalue weighted by atomic mass is 10.0. The van der Waals surface area contributed by atoms with Crippen molar-refractivity contribution < 1.29 is 4.42 Å². The molecule has 0 atom stereocenters. The molecule has 0 amide bonds. The summed E-state index contributed by atoms with van der Waals surface area (Å²) in [7, 11) is 0. The van der Waals surface area contributed by atoms with E-state index in [1.165, 1.54) is 11.1 Å². The van der Waals surface area contributed by atoms with Crippen LogP contribution in [0.3, 0.4) is 0 Å².